The molecule has 384 valence electrons. The van der Waals surface area contributed by atoms with Crippen molar-refractivity contribution in [2.75, 3.05) is 19.8 Å². The van der Waals surface area contributed by atoms with Gasteiger partial charge in [0.15, 0.2) is 6.29 Å². The summed E-state index contributed by atoms with van der Waals surface area (Å²) in [4.78, 5) is 25.1. The van der Waals surface area contributed by atoms with Crippen molar-refractivity contribution in [3.8, 4) is 0 Å². The summed E-state index contributed by atoms with van der Waals surface area (Å²) < 4.78 is 16.7. The fourth-order valence-corrected chi connectivity index (χ4v) is 8.73. The van der Waals surface area contributed by atoms with Crippen molar-refractivity contribution >= 4 is 11.9 Å². The number of unbranched alkanes of at least 4 members (excludes halogenated alkanes) is 33. The first-order valence-electron chi connectivity index (χ1n) is 27.5. The van der Waals surface area contributed by atoms with E-state index in [4.69, 9.17) is 14.2 Å². The lowest BCUT2D eigenvalue weighted by Crippen LogP contribution is -2.60. The Morgan fingerprint density at radius 1 is 0.554 bits per heavy atom. The topological polar surface area (TPSA) is 175 Å². The van der Waals surface area contributed by atoms with Crippen LogP contribution < -0.4 is 5.32 Å². The van der Waals surface area contributed by atoms with Gasteiger partial charge in [-0.15, -0.1) is 0 Å². The number of carbonyl (C=O) groups is 2. The van der Waals surface area contributed by atoms with Gasteiger partial charge in [0.05, 0.1) is 32.0 Å². The predicted molar refractivity (Wildman–Crippen MR) is 265 cm³/mol. The quantitative estimate of drug-likeness (QED) is 0.0196. The predicted octanol–water partition coefficient (Wildman–Crippen LogP) is 11.6. The van der Waals surface area contributed by atoms with Crippen LogP contribution in [-0.4, -0.2) is 100 Å². The highest BCUT2D eigenvalue weighted by Gasteiger charge is 2.44. The van der Waals surface area contributed by atoms with E-state index in [-0.39, 0.29) is 18.5 Å². The number of allylic oxidation sites excluding steroid dienone is 1. The fourth-order valence-electron chi connectivity index (χ4n) is 8.73. The zero-order valence-electron chi connectivity index (χ0n) is 42.0. The molecule has 0 bridgehead atoms. The summed E-state index contributed by atoms with van der Waals surface area (Å²) in [5.41, 5.74) is 0. The standard InChI is InChI=1S/C54H103NO10/c1-3-5-7-9-11-13-14-15-16-17-18-22-26-30-34-38-42-50(59)63-43-39-35-31-27-23-20-19-21-25-29-33-37-41-49(58)55-46(47(57)40-36-32-28-24-12-10-8-6-4-2)45-64-54-53(62)52(61)51(60)48(44-56)65-54/h36,40,46-48,51-54,56-57,60-62H,3-35,37-39,41-45H2,1-2H3,(H,55,58)/b40-36+. The minimum atomic E-state index is -1.57. The summed E-state index contributed by atoms with van der Waals surface area (Å²) in [5, 5.41) is 54.1. The van der Waals surface area contributed by atoms with Gasteiger partial charge in [0, 0.05) is 12.8 Å². The number of carbonyl (C=O) groups excluding carboxylic acids is 2. The molecule has 11 heteroatoms. The molecule has 7 unspecified atom stereocenters. The summed E-state index contributed by atoms with van der Waals surface area (Å²) in [6.45, 7) is 4.27. The van der Waals surface area contributed by atoms with Crippen molar-refractivity contribution in [3.05, 3.63) is 12.2 Å². The molecule has 1 aliphatic rings. The van der Waals surface area contributed by atoms with E-state index in [1.807, 2.05) is 6.08 Å². The second-order valence-electron chi connectivity index (χ2n) is 19.3. The second kappa shape index (κ2) is 44.9. The van der Waals surface area contributed by atoms with Crippen LogP contribution in [0.3, 0.4) is 0 Å². The molecule has 0 aromatic carbocycles. The van der Waals surface area contributed by atoms with Gasteiger partial charge in [-0.3, -0.25) is 9.59 Å². The summed E-state index contributed by atoms with van der Waals surface area (Å²) in [6, 6.07) is -0.819. The molecule has 0 aromatic rings. The fraction of sp³-hybridized carbons (Fsp3) is 0.926. The van der Waals surface area contributed by atoms with E-state index in [1.165, 1.54) is 161 Å². The van der Waals surface area contributed by atoms with Crippen LogP contribution in [0, 0.1) is 0 Å². The van der Waals surface area contributed by atoms with Gasteiger partial charge in [-0.05, 0) is 32.1 Å². The van der Waals surface area contributed by atoms with Crippen LogP contribution in [-0.2, 0) is 23.8 Å². The Morgan fingerprint density at radius 2 is 0.969 bits per heavy atom. The van der Waals surface area contributed by atoms with Crippen molar-refractivity contribution < 1.29 is 49.3 Å². The zero-order chi connectivity index (χ0) is 47.4. The van der Waals surface area contributed by atoms with Crippen molar-refractivity contribution in [1.82, 2.24) is 5.32 Å². The first-order chi connectivity index (χ1) is 31.7. The second-order valence-corrected chi connectivity index (χ2v) is 19.3. The highest BCUT2D eigenvalue weighted by molar-refractivity contribution is 5.76. The molecule has 0 saturated carbocycles. The minimum Gasteiger partial charge on any atom is -0.466 e. The summed E-state index contributed by atoms with van der Waals surface area (Å²) >= 11 is 0. The van der Waals surface area contributed by atoms with Gasteiger partial charge >= 0.3 is 5.97 Å². The van der Waals surface area contributed by atoms with E-state index < -0.39 is 49.5 Å². The van der Waals surface area contributed by atoms with Gasteiger partial charge in [0.2, 0.25) is 5.91 Å². The van der Waals surface area contributed by atoms with Crippen molar-refractivity contribution in [3.63, 3.8) is 0 Å². The number of esters is 1. The lowest BCUT2D eigenvalue weighted by molar-refractivity contribution is -0.302. The Morgan fingerprint density at radius 3 is 1.43 bits per heavy atom. The largest absolute Gasteiger partial charge is 0.466 e. The molecule has 0 radical (unpaired) electrons. The lowest BCUT2D eigenvalue weighted by atomic mass is 9.99. The first kappa shape index (κ1) is 61.4. The van der Waals surface area contributed by atoms with Crippen LogP contribution in [0.4, 0.5) is 0 Å². The molecule has 1 rings (SSSR count). The molecule has 6 N–H and O–H groups in total. The van der Waals surface area contributed by atoms with E-state index in [9.17, 15) is 35.1 Å². The van der Waals surface area contributed by atoms with Gasteiger partial charge in [-0.25, -0.2) is 0 Å². The van der Waals surface area contributed by atoms with E-state index in [1.54, 1.807) is 6.08 Å². The monoisotopic (exact) mass is 926 g/mol. The Kier molecular flexibility index (Phi) is 42.4. The van der Waals surface area contributed by atoms with E-state index >= 15 is 0 Å². The molecule has 7 atom stereocenters. The smallest absolute Gasteiger partial charge is 0.305 e. The molecule has 0 aliphatic carbocycles. The lowest BCUT2D eigenvalue weighted by Gasteiger charge is -2.40. The number of nitrogens with one attached hydrogen (secondary N) is 1. The number of aliphatic hydroxyl groups is 5. The van der Waals surface area contributed by atoms with Crippen LogP contribution in [0.1, 0.15) is 258 Å². The Labute approximate surface area is 398 Å². The molecule has 1 fully saturated rings. The molecule has 0 spiro atoms. The molecule has 11 nitrogen and oxygen atoms in total. The molecule has 65 heavy (non-hydrogen) atoms. The number of hydrogen-bond donors (Lipinski definition) is 6. The van der Waals surface area contributed by atoms with Crippen molar-refractivity contribution in [2.45, 2.75) is 301 Å². The third-order valence-corrected chi connectivity index (χ3v) is 13.2. The minimum absolute atomic E-state index is 0.0299. The number of amides is 1. The summed E-state index contributed by atoms with van der Waals surface area (Å²) in [6.07, 6.45) is 40.1. The highest BCUT2D eigenvalue weighted by atomic mass is 16.7. The van der Waals surface area contributed by atoms with Gasteiger partial charge in [0.25, 0.3) is 0 Å². The number of aliphatic hydroxyl groups excluding tert-OH is 5. The van der Waals surface area contributed by atoms with Crippen molar-refractivity contribution in [2.24, 2.45) is 0 Å². The Bertz CT molecular complexity index is 1090. The molecular formula is C54H103NO10. The van der Waals surface area contributed by atoms with Crippen LogP contribution in [0.25, 0.3) is 0 Å². The van der Waals surface area contributed by atoms with E-state index in [0.29, 0.717) is 19.4 Å². The molecule has 0 aromatic heterocycles. The maximum Gasteiger partial charge on any atom is 0.305 e. The van der Waals surface area contributed by atoms with Gasteiger partial charge in [0.1, 0.15) is 24.4 Å². The zero-order valence-corrected chi connectivity index (χ0v) is 42.0. The summed E-state index contributed by atoms with van der Waals surface area (Å²) in [5.74, 6) is -0.228. The van der Waals surface area contributed by atoms with Gasteiger partial charge in [-0.1, -0.05) is 225 Å². The highest BCUT2D eigenvalue weighted by Crippen LogP contribution is 2.23. The SMILES string of the molecule is CCCCCCCCC/C=C/C(O)C(COC1OC(CO)C(O)C(O)C1O)NC(=O)CCCCCCCCCCCCCCOC(=O)CCCCCCCCCCCCCCCCCC. The molecule has 1 amide bonds. The first-order valence-corrected chi connectivity index (χ1v) is 27.5. The van der Waals surface area contributed by atoms with Crippen LogP contribution in [0.2, 0.25) is 0 Å². The molecule has 1 saturated heterocycles. The van der Waals surface area contributed by atoms with Crippen LogP contribution in [0.15, 0.2) is 12.2 Å². The third-order valence-electron chi connectivity index (χ3n) is 13.2. The van der Waals surface area contributed by atoms with Crippen molar-refractivity contribution in [1.29, 1.82) is 0 Å². The molecular weight excluding hydrogens is 823 g/mol. The normalized spacial score (nSPS) is 19.8. The average Bonchev–Trinajstić information content (AvgIpc) is 3.30. The van der Waals surface area contributed by atoms with Crippen LogP contribution in [0.5, 0.6) is 0 Å². The van der Waals surface area contributed by atoms with Crippen LogP contribution >= 0.6 is 0 Å². The average molecular weight is 926 g/mol. The Hall–Kier alpha value is -1.60. The molecule has 1 aliphatic heterocycles. The number of rotatable bonds is 47. The summed E-state index contributed by atoms with van der Waals surface area (Å²) in [7, 11) is 0. The number of ether oxygens (including phenoxy) is 3. The maximum atomic E-state index is 13.0. The van der Waals surface area contributed by atoms with E-state index in [2.05, 4.69) is 19.2 Å². The van der Waals surface area contributed by atoms with Gasteiger partial charge < -0.3 is 45.1 Å². The third kappa shape index (κ3) is 35.2. The number of hydrogen-bond acceptors (Lipinski definition) is 10. The van der Waals surface area contributed by atoms with E-state index in [0.717, 1.165) is 70.6 Å². The maximum absolute atomic E-state index is 13.0. The van der Waals surface area contributed by atoms with Gasteiger partial charge in [-0.2, -0.15) is 0 Å². The molecule has 1 heterocycles. The Balaban J connectivity index is 2.08.